The molecule has 1 aromatic heterocycles. The van der Waals surface area contributed by atoms with Crippen LogP contribution in [-0.2, 0) is 16.0 Å². The van der Waals surface area contributed by atoms with Crippen LogP contribution in [0.2, 0.25) is 0 Å². The molecule has 29 heavy (non-hydrogen) atoms. The van der Waals surface area contributed by atoms with Crippen molar-refractivity contribution < 1.29 is 18.3 Å². The number of ether oxygens (including phenoxy) is 1. The Labute approximate surface area is 176 Å². The fourth-order valence-corrected chi connectivity index (χ4v) is 4.57. The molecular formula is C22H21BrF2N2O2. The first-order valence-corrected chi connectivity index (χ1v) is 10.3. The Morgan fingerprint density at radius 3 is 2.86 bits per heavy atom. The van der Waals surface area contributed by atoms with Crippen LogP contribution in [0.5, 0.6) is 0 Å². The number of rotatable bonds is 4. The first kappa shape index (κ1) is 20.0. The van der Waals surface area contributed by atoms with Crippen LogP contribution in [0.25, 0.3) is 10.9 Å². The summed E-state index contributed by atoms with van der Waals surface area (Å²) in [6, 6.07) is 7.38. The molecule has 1 atom stereocenters. The summed E-state index contributed by atoms with van der Waals surface area (Å²) < 4.78 is 34.5. The maximum atomic E-state index is 15.1. The van der Waals surface area contributed by atoms with Gasteiger partial charge in [0.2, 0.25) is 0 Å². The number of aromatic amines is 1. The first-order valence-electron chi connectivity index (χ1n) is 9.46. The van der Waals surface area contributed by atoms with Gasteiger partial charge in [-0.2, -0.15) is 0 Å². The zero-order valence-electron chi connectivity index (χ0n) is 16.2. The van der Waals surface area contributed by atoms with E-state index < -0.39 is 6.04 Å². The molecule has 0 aliphatic carbocycles. The molecule has 0 fully saturated rings. The molecule has 0 radical (unpaired) electrons. The van der Waals surface area contributed by atoms with Gasteiger partial charge in [-0.1, -0.05) is 15.9 Å². The molecule has 1 aliphatic rings. The average molecular weight is 463 g/mol. The van der Waals surface area contributed by atoms with Gasteiger partial charge < -0.3 is 9.72 Å². The predicted octanol–water partition coefficient (Wildman–Crippen LogP) is 5.03. The number of carbonyl (C=O) groups excluding carboxylic acids is 1. The van der Waals surface area contributed by atoms with E-state index in [2.05, 4.69) is 25.8 Å². The Morgan fingerprint density at radius 2 is 2.10 bits per heavy atom. The van der Waals surface area contributed by atoms with Crippen LogP contribution in [0, 0.1) is 18.6 Å². The second-order valence-electron chi connectivity index (χ2n) is 7.29. The normalized spacial score (nSPS) is 16.8. The number of halogens is 3. The second-order valence-corrected chi connectivity index (χ2v) is 8.14. The Balaban J connectivity index is 1.88. The molecule has 7 heteroatoms. The number of H-pyrrole nitrogens is 1. The number of fused-ring (bicyclic) bond motifs is 3. The van der Waals surface area contributed by atoms with Crippen molar-refractivity contribution in [2.75, 3.05) is 20.2 Å². The number of hydrogen-bond acceptors (Lipinski definition) is 3. The van der Waals surface area contributed by atoms with Gasteiger partial charge in [0, 0.05) is 39.7 Å². The van der Waals surface area contributed by atoms with Crippen molar-refractivity contribution in [3.8, 4) is 0 Å². The fourth-order valence-electron chi connectivity index (χ4n) is 4.22. The third kappa shape index (κ3) is 3.57. The number of esters is 1. The van der Waals surface area contributed by atoms with Crippen LogP contribution < -0.4 is 0 Å². The third-order valence-corrected chi connectivity index (χ3v) is 6.55. The lowest BCUT2D eigenvalue weighted by Gasteiger charge is -2.37. The summed E-state index contributed by atoms with van der Waals surface area (Å²) in [4.78, 5) is 17.2. The topological polar surface area (TPSA) is 45.3 Å². The molecule has 2 heterocycles. The highest BCUT2D eigenvalue weighted by Crippen LogP contribution is 2.41. The minimum Gasteiger partial charge on any atom is -0.469 e. The van der Waals surface area contributed by atoms with Crippen LogP contribution in [0.4, 0.5) is 8.78 Å². The smallest absolute Gasteiger partial charge is 0.306 e. The van der Waals surface area contributed by atoms with Crippen LogP contribution in [-0.4, -0.2) is 36.1 Å². The molecule has 1 N–H and O–H groups in total. The maximum Gasteiger partial charge on any atom is 0.306 e. The van der Waals surface area contributed by atoms with E-state index >= 15 is 4.39 Å². The number of nitrogens with one attached hydrogen (secondary N) is 1. The van der Waals surface area contributed by atoms with E-state index in [0.717, 1.165) is 32.2 Å². The van der Waals surface area contributed by atoms with E-state index in [4.69, 9.17) is 4.74 Å². The summed E-state index contributed by atoms with van der Waals surface area (Å²) in [5.41, 5.74) is 4.02. The molecule has 0 amide bonds. The van der Waals surface area contributed by atoms with Crippen molar-refractivity contribution in [1.82, 2.24) is 9.88 Å². The standard InChI is InChI=1S/C22H21BrF2N2O2/c1-12-16(23)4-5-17(25)20(12)22-21-14(7-9-27(22)10-8-19(28)29-2)15-11-13(24)3-6-18(15)26-21/h3-6,11,22,26H,7-10H2,1-2H3. The summed E-state index contributed by atoms with van der Waals surface area (Å²) in [7, 11) is 1.36. The highest BCUT2D eigenvalue weighted by Gasteiger charge is 2.34. The molecular weight excluding hydrogens is 442 g/mol. The van der Waals surface area contributed by atoms with Gasteiger partial charge in [0.05, 0.1) is 19.6 Å². The fraction of sp³-hybridized carbons (Fsp3) is 0.318. The van der Waals surface area contributed by atoms with Crippen molar-refractivity contribution in [1.29, 1.82) is 0 Å². The van der Waals surface area contributed by atoms with Crippen molar-refractivity contribution in [2.45, 2.75) is 25.8 Å². The van der Waals surface area contributed by atoms with Gasteiger partial charge in [-0.05, 0) is 54.8 Å². The van der Waals surface area contributed by atoms with Gasteiger partial charge >= 0.3 is 5.97 Å². The summed E-state index contributed by atoms with van der Waals surface area (Å²) in [5, 5.41) is 0.825. The van der Waals surface area contributed by atoms with Gasteiger partial charge in [-0.3, -0.25) is 9.69 Å². The van der Waals surface area contributed by atoms with E-state index in [1.165, 1.54) is 25.3 Å². The predicted molar refractivity (Wildman–Crippen MR) is 111 cm³/mol. The highest BCUT2D eigenvalue weighted by molar-refractivity contribution is 9.10. The zero-order chi connectivity index (χ0) is 20.7. The molecule has 152 valence electrons. The lowest BCUT2D eigenvalue weighted by Crippen LogP contribution is -2.38. The quantitative estimate of drug-likeness (QED) is 0.553. The molecule has 0 saturated carbocycles. The molecule has 0 bridgehead atoms. The van der Waals surface area contributed by atoms with Crippen LogP contribution in [0.3, 0.4) is 0 Å². The van der Waals surface area contributed by atoms with Crippen molar-refractivity contribution >= 4 is 32.8 Å². The molecule has 2 aromatic carbocycles. The van der Waals surface area contributed by atoms with E-state index in [1.54, 1.807) is 12.1 Å². The average Bonchev–Trinajstić information content (AvgIpc) is 3.07. The van der Waals surface area contributed by atoms with Gasteiger partial charge in [0.1, 0.15) is 11.6 Å². The van der Waals surface area contributed by atoms with Crippen molar-refractivity contribution in [3.63, 3.8) is 0 Å². The molecule has 4 rings (SSSR count). The van der Waals surface area contributed by atoms with Gasteiger partial charge in [-0.25, -0.2) is 8.78 Å². The number of aromatic nitrogens is 1. The second kappa shape index (κ2) is 7.88. The van der Waals surface area contributed by atoms with Crippen molar-refractivity contribution in [3.05, 3.63) is 68.8 Å². The largest absolute Gasteiger partial charge is 0.469 e. The Hall–Kier alpha value is -2.25. The lowest BCUT2D eigenvalue weighted by atomic mass is 9.89. The first-order chi connectivity index (χ1) is 13.9. The van der Waals surface area contributed by atoms with Gasteiger partial charge in [-0.15, -0.1) is 0 Å². The van der Waals surface area contributed by atoms with E-state index in [0.29, 0.717) is 25.1 Å². The lowest BCUT2D eigenvalue weighted by molar-refractivity contribution is -0.141. The molecule has 1 unspecified atom stereocenters. The van der Waals surface area contributed by atoms with E-state index in [9.17, 15) is 9.18 Å². The number of nitrogens with zero attached hydrogens (tertiary/aromatic N) is 1. The monoisotopic (exact) mass is 462 g/mol. The molecule has 1 aliphatic heterocycles. The van der Waals surface area contributed by atoms with Crippen LogP contribution >= 0.6 is 15.9 Å². The highest BCUT2D eigenvalue weighted by atomic mass is 79.9. The molecule has 4 nitrogen and oxygen atoms in total. The maximum absolute atomic E-state index is 15.1. The molecule has 0 spiro atoms. The SMILES string of the molecule is COC(=O)CCN1CCc2c([nH]c3ccc(F)cc23)C1c1c(F)ccc(Br)c1C. The zero-order valence-corrected chi connectivity index (χ0v) is 17.8. The van der Waals surface area contributed by atoms with Crippen LogP contribution in [0.15, 0.2) is 34.8 Å². The Morgan fingerprint density at radius 1 is 1.31 bits per heavy atom. The minimum atomic E-state index is -0.406. The molecule has 3 aromatic rings. The number of benzene rings is 2. The number of carbonyl (C=O) groups is 1. The Bertz CT molecular complexity index is 1100. The third-order valence-electron chi connectivity index (χ3n) is 5.69. The molecule has 0 saturated heterocycles. The van der Waals surface area contributed by atoms with Crippen LogP contribution in [0.1, 0.15) is 34.8 Å². The number of methoxy groups -OCH3 is 1. The summed E-state index contributed by atoms with van der Waals surface area (Å²) in [6.07, 6.45) is 0.900. The van der Waals surface area contributed by atoms with Crippen molar-refractivity contribution in [2.24, 2.45) is 0 Å². The number of hydrogen-bond donors (Lipinski definition) is 1. The summed E-state index contributed by atoms with van der Waals surface area (Å²) >= 11 is 3.51. The van der Waals surface area contributed by atoms with E-state index in [1.807, 2.05) is 6.92 Å². The Kier molecular flexibility index (Phi) is 5.44. The van der Waals surface area contributed by atoms with Gasteiger partial charge in [0.15, 0.2) is 0 Å². The summed E-state index contributed by atoms with van der Waals surface area (Å²) in [6.45, 7) is 2.94. The minimum absolute atomic E-state index is 0.214. The van der Waals surface area contributed by atoms with Gasteiger partial charge in [0.25, 0.3) is 0 Å². The summed E-state index contributed by atoms with van der Waals surface area (Å²) in [5.74, 6) is -0.912. The van der Waals surface area contributed by atoms with E-state index in [-0.39, 0.29) is 24.0 Å².